The Kier molecular flexibility index (Phi) is 3.06. The average Bonchev–Trinajstić information content (AvgIpc) is 2.33. The van der Waals surface area contributed by atoms with Crippen LogP contribution in [-0.2, 0) is 9.53 Å². The molecule has 0 radical (unpaired) electrons. The second-order valence-electron chi connectivity index (χ2n) is 3.24. The molecule has 1 rings (SSSR count). The van der Waals surface area contributed by atoms with Crippen molar-refractivity contribution in [2.24, 2.45) is 11.8 Å². The van der Waals surface area contributed by atoms with E-state index in [1.54, 1.807) is 7.11 Å². The molecule has 0 unspecified atom stereocenters. The highest BCUT2D eigenvalue weighted by Crippen LogP contribution is 2.30. The van der Waals surface area contributed by atoms with Gasteiger partial charge >= 0.3 is 0 Å². The zero-order chi connectivity index (χ0) is 8.27. The largest absolute Gasteiger partial charge is 0.384 e. The summed E-state index contributed by atoms with van der Waals surface area (Å²) in [5.74, 6) is 1.22. The number of carbonyl (C=O) groups excluding carboxylic acids is 1. The molecule has 2 heteroatoms. The van der Waals surface area contributed by atoms with Gasteiger partial charge in [-0.2, -0.15) is 0 Å². The van der Waals surface area contributed by atoms with Gasteiger partial charge in [0.1, 0.15) is 5.78 Å². The number of Topliss-reactive ketones (excluding diaryl/α,β-unsaturated/α-hetero) is 1. The fourth-order valence-electron chi connectivity index (χ4n) is 1.95. The summed E-state index contributed by atoms with van der Waals surface area (Å²) in [4.78, 5) is 11.2. The summed E-state index contributed by atoms with van der Waals surface area (Å²) in [7, 11) is 1.70. The van der Waals surface area contributed by atoms with Gasteiger partial charge in [0.05, 0.1) is 0 Å². The summed E-state index contributed by atoms with van der Waals surface area (Å²) >= 11 is 0. The normalized spacial score (nSPS) is 31.3. The van der Waals surface area contributed by atoms with E-state index in [-0.39, 0.29) is 5.92 Å². The molecular weight excluding hydrogens is 140 g/mol. The maximum Gasteiger partial charge on any atom is 0.136 e. The second-order valence-corrected chi connectivity index (χ2v) is 3.24. The molecule has 1 fully saturated rings. The summed E-state index contributed by atoms with van der Waals surface area (Å²) in [6, 6.07) is 0. The topological polar surface area (TPSA) is 26.3 Å². The van der Waals surface area contributed by atoms with Crippen molar-refractivity contribution in [2.75, 3.05) is 13.7 Å². The Labute approximate surface area is 67.9 Å². The molecule has 64 valence electrons. The van der Waals surface area contributed by atoms with Crippen molar-refractivity contribution < 1.29 is 9.53 Å². The maximum atomic E-state index is 11.2. The molecule has 0 aliphatic heterocycles. The quantitative estimate of drug-likeness (QED) is 0.621. The van der Waals surface area contributed by atoms with Crippen LogP contribution < -0.4 is 0 Å². The standard InChI is InChI=1S/C9H16O2/c1-3-8-7(6-11-2)4-5-9(8)10/h7-8H,3-6H2,1-2H3/t7-,8-/m0/s1. The molecule has 0 N–H and O–H groups in total. The summed E-state index contributed by atoms with van der Waals surface area (Å²) in [6.45, 7) is 2.83. The third kappa shape index (κ3) is 1.80. The Morgan fingerprint density at radius 1 is 1.64 bits per heavy atom. The Hall–Kier alpha value is -0.370. The fourth-order valence-corrected chi connectivity index (χ4v) is 1.95. The lowest BCUT2D eigenvalue weighted by Crippen LogP contribution is -2.17. The number of ketones is 1. The van der Waals surface area contributed by atoms with Gasteiger partial charge in [-0.15, -0.1) is 0 Å². The minimum absolute atomic E-state index is 0.287. The molecule has 1 aliphatic rings. The van der Waals surface area contributed by atoms with Crippen molar-refractivity contribution in [1.29, 1.82) is 0 Å². The monoisotopic (exact) mass is 156 g/mol. The smallest absolute Gasteiger partial charge is 0.136 e. The van der Waals surface area contributed by atoms with Gasteiger partial charge in [-0.25, -0.2) is 0 Å². The predicted molar refractivity (Wildman–Crippen MR) is 43.4 cm³/mol. The summed E-state index contributed by atoms with van der Waals surface area (Å²) in [5.41, 5.74) is 0. The molecule has 0 bridgehead atoms. The molecule has 0 aromatic carbocycles. The van der Waals surface area contributed by atoms with Crippen LogP contribution in [0.15, 0.2) is 0 Å². The van der Waals surface area contributed by atoms with E-state index in [9.17, 15) is 4.79 Å². The molecule has 0 aromatic rings. The second kappa shape index (κ2) is 3.86. The Bertz CT molecular complexity index is 142. The lowest BCUT2D eigenvalue weighted by atomic mass is 9.94. The van der Waals surface area contributed by atoms with Gasteiger partial charge in [0.2, 0.25) is 0 Å². The Balaban J connectivity index is 2.47. The first-order valence-corrected chi connectivity index (χ1v) is 4.31. The van der Waals surface area contributed by atoms with E-state index in [1.165, 1.54) is 0 Å². The number of rotatable bonds is 3. The third-order valence-corrected chi connectivity index (χ3v) is 2.56. The van der Waals surface area contributed by atoms with Gasteiger partial charge in [-0.1, -0.05) is 6.92 Å². The minimum atomic E-state index is 0.287. The molecule has 2 nitrogen and oxygen atoms in total. The van der Waals surface area contributed by atoms with Gasteiger partial charge in [-0.05, 0) is 18.8 Å². The molecule has 0 saturated heterocycles. The van der Waals surface area contributed by atoms with Gasteiger partial charge in [0.15, 0.2) is 0 Å². The molecule has 0 aromatic heterocycles. The zero-order valence-corrected chi connectivity index (χ0v) is 7.30. The van der Waals surface area contributed by atoms with Gasteiger partial charge < -0.3 is 4.74 Å². The molecule has 1 saturated carbocycles. The van der Waals surface area contributed by atoms with E-state index in [1.807, 2.05) is 0 Å². The first-order chi connectivity index (χ1) is 5.29. The number of methoxy groups -OCH3 is 1. The van der Waals surface area contributed by atoms with E-state index >= 15 is 0 Å². The summed E-state index contributed by atoms with van der Waals surface area (Å²) in [5, 5.41) is 0. The molecule has 0 spiro atoms. The molecule has 0 heterocycles. The lowest BCUT2D eigenvalue weighted by molar-refractivity contribution is -0.121. The van der Waals surface area contributed by atoms with E-state index in [0.29, 0.717) is 11.7 Å². The maximum absolute atomic E-state index is 11.2. The van der Waals surface area contributed by atoms with Crippen LogP contribution in [0.5, 0.6) is 0 Å². The van der Waals surface area contributed by atoms with Crippen LogP contribution in [0.2, 0.25) is 0 Å². The third-order valence-electron chi connectivity index (χ3n) is 2.56. The molecular formula is C9H16O2. The van der Waals surface area contributed by atoms with Crippen molar-refractivity contribution >= 4 is 5.78 Å². The SMILES string of the molecule is CC[C@@H]1C(=O)CC[C@H]1COC. The van der Waals surface area contributed by atoms with Gasteiger partial charge in [-0.3, -0.25) is 4.79 Å². The van der Waals surface area contributed by atoms with Crippen molar-refractivity contribution in [3.05, 3.63) is 0 Å². The Morgan fingerprint density at radius 2 is 2.36 bits per heavy atom. The minimum Gasteiger partial charge on any atom is -0.384 e. The van der Waals surface area contributed by atoms with Gasteiger partial charge in [0, 0.05) is 26.1 Å². The molecule has 0 amide bonds. The van der Waals surface area contributed by atoms with Crippen LogP contribution >= 0.6 is 0 Å². The van der Waals surface area contributed by atoms with Crippen LogP contribution in [0.3, 0.4) is 0 Å². The molecule has 11 heavy (non-hydrogen) atoms. The van der Waals surface area contributed by atoms with Crippen LogP contribution in [0.25, 0.3) is 0 Å². The van der Waals surface area contributed by atoms with Crippen LogP contribution in [0.1, 0.15) is 26.2 Å². The van der Waals surface area contributed by atoms with Crippen LogP contribution in [-0.4, -0.2) is 19.5 Å². The van der Waals surface area contributed by atoms with E-state index < -0.39 is 0 Å². The predicted octanol–water partition coefficient (Wildman–Crippen LogP) is 1.64. The van der Waals surface area contributed by atoms with Crippen molar-refractivity contribution in [1.82, 2.24) is 0 Å². The van der Waals surface area contributed by atoms with Crippen molar-refractivity contribution in [3.8, 4) is 0 Å². The van der Waals surface area contributed by atoms with E-state index in [4.69, 9.17) is 4.74 Å². The lowest BCUT2D eigenvalue weighted by Gasteiger charge is -2.14. The van der Waals surface area contributed by atoms with Crippen molar-refractivity contribution in [3.63, 3.8) is 0 Å². The average molecular weight is 156 g/mol. The highest BCUT2D eigenvalue weighted by molar-refractivity contribution is 5.83. The molecule has 2 atom stereocenters. The first kappa shape index (κ1) is 8.72. The number of ether oxygens (including phenoxy) is 1. The summed E-state index contributed by atoms with van der Waals surface area (Å²) in [6.07, 6.45) is 2.78. The van der Waals surface area contributed by atoms with Crippen LogP contribution in [0.4, 0.5) is 0 Å². The number of carbonyl (C=O) groups is 1. The van der Waals surface area contributed by atoms with Crippen LogP contribution in [0, 0.1) is 11.8 Å². The van der Waals surface area contributed by atoms with E-state index in [2.05, 4.69) is 6.92 Å². The molecule has 1 aliphatic carbocycles. The van der Waals surface area contributed by atoms with Crippen molar-refractivity contribution in [2.45, 2.75) is 26.2 Å². The number of hydrogen-bond acceptors (Lipinski definition) is 2. The van der Waals surface area contributed by atoms with Gasteiger partial charge in [0.25, 0.3) is 0 Å². The van der Waals surface area contributed by atoms with E-state index in [0.717, 1.165) is 25.9 Å². The zero-order valence-electron chi connectivity index (χ0n) is 7.30. The highest BCUT2D eigenvalue weighted by atomic mass is 16.5. The summed E-state index contributed by atoms with van der Waals surface area (Å²) < 4.78 is 5.05. The highest BCUT2D eigenvalue weighted by Gasteiger charge is 2.32. The fraction of sp³-hybridized carbons (Fsp3) is 0.889. The number of hydrogen-bond donors (Lipinski definition) is 0. The first-order valence-electron chi connectivity index (χ1n) is 4.31. The Morgan fingerprint density at radius 3 is 2.91 bits per heavy atom.